The Morgan fingerprint density at radius 3 is 0.818 bits per heavy atom. The summed E-state index contributed by atoms with van der Waals surface area (Å²) in [6.07, 6.45) is -4.67. The van der Waals surface area contributed by atoms with E-state index in [-0.39, 0.29) is 52.4 Å². The van der Waals surface area contributed by atoms with Crippen LogP contribution in [0.1, 0.15) is 0 Å². The summed E-state index contributed by atoms with van der Waals surface area (Å²) in [5.74, 6) is 0. The Bertz CT molecular complexity index is 74.4. The van der Waals surface area contributed by atoms with Gasteiger partial charge in [-0.15, -0.1) is 0 Å². The van der Waals surface area contributed by atoms with Crippen LogP contribution in [-0.2, 0) is 0 Å². The van der Waals surface area contributed by atoms with Crippen LogP contribution < -0.4 is 50.0 Å². The minimum absolute atomic E-state index is 0. The van der Waals surface area contributed by atoms with Crippen molar-refractivity contribution in [1.29, 1.82) is 0 Å². The molecule has 0 heterocycles. The molecule has 0 rings (SSSR count). The number of hydrogen-bond acceptors (Lipinski definition) is 6. The van der Waals surface area contributed by atoms with Gasteiger partial charge < -0.3 is 35.5 Å². The summed E-state index contributed by atoms with van der Waals surface area (Å²) in [5.41, 5.74) is 0. The van der Waals surface area contributed by atoms with E-state index in [1.54, 1.807) is 0 Å². The molecule has 0 aromatic rings. The number of hydrogen-bond donors (Lipinski definition) is 0. The summed E-state index contributed by atoms with van der Waals surface area (Å²) in [6.45, 7) is 0. The molecule has 0 saturated heterocycles. The van der Waals surface area contributed by atoms with Crippen LogP contribution in [0.5, 0.6) is 0 Å². The quantitative estimate of drug-likeness (QED) is 0.343. The molecule has 0 aliphatic carbocycles. The summed E-state index contributed by atoms with van der Waals surface area (Å²) in [7, 11) is 0. The maximum absolute atomic E-state index is 8.33. The molecule has 0 radical (unpaired) electrons. The van der Waals surface area contributed by atoms with Gasteiger partial charge in [0.2, 0.25) is 0 Å². The average molecular weight is 188 g/mol. The minimum atomic E-state index is -2.33. The zero-order chi connectivity index (χ0) is 7.15. The third kappa shape index (κ3) is 614000. The van der Waals surface area contributed by atoms with Crippen molar-refractivity contribution >= 4 is 29.7 Å². The van der Waals surface area contributed by atoms with Crippen LogP contribution in [0.15, 0.2) is 0 Å². The molecule has 56 valence electrons. The molecular formula is C2H2AlNaO7. The summed E-state index contributed by atoms with van der Waals surface area (Å²) in [6, 6.07) is 0. The first-order valence-electron chi connectivity index (χ1n) is 1.22. The second-order valence-electron chi connectivity index (χ2n) is 0.500. The molecule has 0 aromatic heterocycles. The standard InChI is InChI=1S/2CH2O3.Al.Na.H2O/c2*2-1(3)4;;;/h2*(H2,2,3,4);;;1H2/q;;+3;+1;/p-4. The van der Waals surface area contributed by atoms with Crippen molar-refractivity contribution < 1.29 is 65.0 Å². The van der Waals surface area contributed by atoms with Gasteiger partial charge in [-0.25, -0.2) is 0 Å². The van der Waals surface area contributed by atoms with Gasteiger partial charge in [-0.2, -0.15) is 0 Å². The summed E-state index contributed by atoms with van der Waals surface area (Å²) >= 11 is 0. The third-order valence-electron chi connectivity index (χ3n) is 0. The van der Waals surface area contributed by atoms with Crippen molar-refractivity contribution in [3.05, 3.63) is 0 Å². The molecule has 7 nitrogen and oxygen atoms in total. The van der Waals surface area contributed by atoms with Crippen LogP contribution >= 0.6 is 0 Å². The van der Waals surface area contributed by atoms with Crippen molar-refractivity contribution in [2.45, 2.75) is 0 Å². The Hall–Kier alpha value is 0.0325. The number of carbonyl (C=O) groups excluding carboxylic acids is 2. The molecule has 11 heavy (non-hydrogen) atoms. The van der Waals surface area contributed by atoms with Crippen molar-refractivity contribution in [2.24, 2.45) is 0 Å². The van der Waals surface area contributed by atoms with Gasteiger partial charge in [-0.05, 0) is 12.3 Å². The molecule has 0 spiro atoms. The normalized spacial score (nSPS) is 4.36. The first-order chi connectivity index (χ1) is 3.46. The van der Waals surface area contributed by atoms with Crippen molar-refractivity contribution in [3.63, 3.8) is 0 Å². The van der Waals surface area contributed by atoms with E-state index in [2.05, 4.69) is 0 Å². The van der Waals surface area contributed by atoms with Gasteiger partial charge in [0, 0.05) is 0 Å². The van der Waals surface area contributed by atoms with Gasteiger partial charge in [-0.1, -0.05) is 0 Å². The predicted molar refractivity (Wildman–Crippen MR) is 20.2 cm³/mol. The Balaban J connectivity index is -0.0000000171. The molecule has 0 saturated carbocycles. The SMILES string of the molecule is O.O=C([O-])[O-].O=C([O-])[O-].[Al+3].[Na+]. The molecule has 2 N–H and O–H groups in total. The number of carboxylic acid groups (broad SMARTS) is 4. The van der Waals surface area contributed by atoms with Crippen LogP contribution in [0.3, 0.4) is 0 Å². The van der Waals surface area contributed by atoms with E-state index < -0.39 is 12.3 Å². The fraction of sp³-hybridized carbons (Fsp3) is 0. The maximum atomic E-state index is 8.33. The Morgan fingerprint density at radius 1 is 0.818 bits per heavy atom. The second-order valence-corrected chi connectivity index (χ2v) is 0.500. The molecule has 0 aliphatic heterocycles. The molecule has 0 unspecified atom stereocenters. The minimum Gasteiger partial charge on any atom is -0.652 e. The fourth-order valence-corrected chi connectivity index (χ4v) is 0. The molecule has 9 heteroatoms. The van der Waals surface area contributed by atoms with Crippen molar-refractivity contribution in [3.8, 4) is 0 Å². The number of carbonyl (C=O) groups is 2. The van der Waals surface area contributed by atoms with Crippen molar-refractivity contribution in [1.82, 2.24) is 0 Å². The van der Waals surface area contributed by atoms with Gasteiger partial charge >= 0.3 is 46.9 Å². The Kier molecular flexibility index (Phi) is 62.4. The van der Waals surface area contributed by atoms with E-state index in [0.717, 1.165) is 0 Å². The maximum Gasteiger partial charge on any atom is 3.00 e. The van der Waals surface area contributed by atoms with Crippen LogP contribution in [0.25, 0.3) is 0 Å². The summed E-state index contributed by atoms with van der Waals surface area (Å²) in [4.78, 5) is 16.7. The van der Waals surface area contributed by atoms with Crippen LogP contribution in [0.4, 0.5) is 9.59 Å². The largest absolute Gasteiger partial charge is 3.00 e. The van der Waals surface area contributed by atoms with E-state index in [4.69, 9.17) is 30.0 Å². The molecule has 0 atom stereocenters. The van der Waals surface area contributed by atoms with E-state index in [1.165, 1.54) is 0 Å². The topological polar surface area (TPSA) is 158 Å². The molecular weight excluding hydrogens is 186 g/mol. The molecule has 0 bridgehead atoms. The molecule has 0 aromatic carbocycles. The average Bonchev–Trinajstić information content (AvgIpc) is 1.25. The van der Waals surface area contributed by atoms with E-state index in [0.29, 0.717) is 0 Å². The molecule has 0 amide bonds. The van der Waals surface area contributed by atoms with Crippen LogP contribution in [0.2, 0.25) is 0 Å². The molecule has 0 aliphatic rings. The number of rotatable bonds is 0. The van der Waals surface area contributed by atoms with E-state index in [9.17, 15) is 0 Å². The van der Waals surface area contributed by atoms with Gasteiger partial charge in [0.05, 0.1) is 0 Å². The monoisotopic (exact) mass is 188 g/mol. The predicted octanol–water partition coefficient (Wildman–Crippen LogP) is -9.10. The van der Waals surface area contributed by atoms with E-state index >= 15 is 0 Å². The Labute approximate surface area is 94.4 Å². The van der Waals surface area contributed by atoms with E-state index in [1.807, 2.05) is 0 Å². The van der Waals surface area contributed by atoms with Crippen LogP contribution in [-0.4, -0.2) is 35.1 Å². The van der Waals surface area contributed by atoms with Gasteiger partial charge in [0.1, 0.15) is 0 Å². The zero-order valence-corrected chi connectivity index (χ0v) is 8.68. The third-order valence-corrected chi connectivity index (χ3v) is 0. The fourth-order valence-electron chi connectivity index (χ4n) is 0. The molecule has 0 fully saturated rings. The van der Waals surface area contributed by atoms with Gasteiger partial charge in [0.15, 0.2) is 0 Å². The Morgan fingerprint density at radius 2 is 0.818 bits per heavy atom. The summed E-state index contributed by atoms with van der Waals surface area (Å²) < 4.78 is 0. The van der Waals surface area contributed by atoms with Crippen molar-refractivity contribution in [2.75, 3.05) is 0 Å². The summed E-state index contributed by atoms with van der Waals surface area (Å²) in [5, 5.41) is 33.3. The first-order valence-corrected chi connectivity index (χ1v) is 1.22. The second kappa shape index (κ2) is 22.5. The van der Waals surface area contributed by atoms with Gasteiger partial charge in [0.25, 0.3) is 0 Å². The van der Waals surface area contributed by atoms with Gasteiger partial charge in [-0.3, -0.25) is 0 Å². The smallest absolute Gasteiger partial charge is 0.652 e. The van der Waals surface area contributed by atoms with Crippen LogP contribution in [0, 0.1) is 0 Å². The zero-order valence-electron chi connectivity index (χ0n) is 5.53. The first kappa shape index (κ1) is 30.5.